The zero-order chi connectivity index (χ0) is 14.8. The van der Waals surface area contributed by atoms with Crippen molar-refractivity contribution >= 4 is 20.4 Å². The summed E-state index contributed by atoms with van der Waals surface area (Å²) in [6.07, 6.45) is 0. The summed E-state index contributed by atoms with van der Waals surface area (Å²) < 4.78 is 16.2. The number of ketones is 1. The molecular weight excluding hydrogens is 291 g/mol. The van der Waals surface area contributed by atoms with Crippen LogP contribution >= 0.6 is 8.60 Å². The van der Waals surface area contributed by atoms with Gasteiger partial charge in [0.05, 0.1) is 5.56 Å². The van der Waals surface area contributed by atoms with Crippen LogP contribution < -0.4 is 9.05 Å². The Hall–Kier alpha value is -2.39. The van der Waals surface area contributed by atoms with Crippen molar-refractivity contribution in [2.75, 3.05) is 0 Å². The Bertz CT molecular complexity index is 684. The summed E-state index contributed by atoms with van der Waals surface area (Å²) in [5.74, 6) is 0.0149. The molecule has 0 aliphatic carbocycles. The number of hydrogen-bond donors (Lipinski definition) is 0. The molecule has 0 spiro atoms. The highest BCUT2D eigenvalue weighted by atomic mass is 31.2. The average molecular weight is 302 g/mol. The number of carbonyl (C=O) groups is 2. The molecule has 2 aromatic carbocycles. The van der Waals surface area contributed by atoms with Crippen LogP contribution in [0.15, 0.2) is 48.5 Å². The maximum atomic E-state index is 12.0. The predicted octanol–water partition coefficient (Wildman–Crippen LogP) is 3.74. The highest BCUT2D eigenvalue weighted by Gasteiger charge is 2.34. The van der Waals surface area contributed by atoms with Gasteiger partial charge in [0, 0.05) is 0 Å². The summed E-state index contributed by atoms with van der Waals surface area (Å²) in [4.78, 5) is 23.6. The first kappa shape index (κ1) is 13.6. The van der Waals surface area contributed by atoms with Gasteiger partial charge < -0.3 is 13.6 Å². The van der Waals surface area contributed by atoms with E-state index in [1.165, 1.54) is 6.92 Å². The van der Waals surface area contributed by atoms with E-state index in [9.17, 15) is 9.59 Å². The Labute approximate surface area is 122 Å². The van der Waals surface area contributed by atoms with Gasteiger partial charge in [0.15, 0.2) is 11.5 Å². The first-order valence-corrected chi connectivity index (χ1v) is 7.32. The zero-order valence-corrected chi connectivity index (χ0v) is 12.0. The smallest absolute Gasteiger partial charge is 0.408 e. The number of Topliss-reactive ketones (excluding diaryl/α,β-unsaturated/α-hetero) is 1. The van der Waals surface area contributed by atoms with Crippen LogP contribution in [0.3, 0.4) is 0 Å². The molecule has 6 heteroatoms. The predicted molar refractivity (Wildman–Crippen MR) is 76.5 cm³/mol. The van der Waals surface area contributed by atoms with Gasteiger partial charge in [-0.3, -0.25) is 4.79 Å². The molecule has 0 radical (unpaired) electrons. The molecular formula is C15H11O5P. The fourth-order valence-corrected chi connectivity index (χ4v) is 2.87. The zero-order valence-electron chi connectivity index (χ0n) is 11.1. The van der Waals surface area contributed by atoms with Gasteiger partial charge in [0.25, 0.3) is 0 Å². The number of rotatable bonds is 3. The van der Waals surface area contributed by atoms with Crippen molar-refractivity contribution in [1.82, 2.24) is 0 Å². The lowest BCUT2D eigenvalue weighted by Gasteiger charge is -2.23. The molecule has 0 saturated heterocycles. The Morgan fingerprint density at radius 2 is 1.81 bits per heavy atom. The minimum Gasteiger partial charge on any atom is -0.408 e. The fourth-order valence-electron chi connectivity index (χ4n) is 1.89. The van der Waals surface area contributed by atoms with Crippen molar-refractivity contribution < 1.29 is 23.2 Å². The highest BCUT2D eigenvalue weighted by Crippen LogP contribution is 2.48. The molecule has 1 aliphatic rings. The lowest BCUT2D eigenvalue weighted by molar-refractivity contribution is 0.0697. The summed E-state index contributed by atoms with van der Waals surface area (Å²) in [6.45, 7) is 1.42. The largest absolute Gasteiger partial charge is 0.532 e. The summed E-state index contributed by atoms with van der Waals surface area (Å²) >= 11 is 0. The van der Waals surface area contributed by atoms with Crippen LogP contribution in [0.5, 0.6) is 11.5 Å². The molecule has 2 aromatic rings. The molecule has 21 heavy (non-hydrogen) atoms. The number of fused-ring (bicyclic) bond motifs is 1. The van der Waals surface area contributed by atoms with Crippen LogP contribution in [0.1, 0.15) is 27.6 Å². The molecule has 1 unspecified atom stereocenters. The van der Waals surface area contributed by atoms with E-state index < -0.39 is 14.6 Å². The third-order valence-corrected chi connectivity index (χ3v) is 3.87. The van der Waals surface area contributed by atoms with Crippen LogP contribution in [0.4, 0.5) is 0 Å². The molecule has 0 saturated carbocycles. The van der Waals surface area contributed by atoms with Gasteiger partial charge in [-0.1, -0.05) is 24.3 Å². The van der Waals surface area contributed by atoms with Crippen molar-refractivity contribution in [2.45, 2.75) is 6.92 Å². The second-order valence-electron chi connectivity index (χ2n) is 4.34. The summed E-state index contributed by atoms with van der Waals surface area (Å²) in [5.41, 5.74) is 0.575. The van der Waals surface area contributed by atoms with Crippen LogP contribution in [0.2, 0.25) is 0 Å². The van der Waals surface area contributed by atoms with Crippen molar-refractivity contribution in [2.24, 2.45) is 0 Å². The number of hydrogen-bond acceptors (Lipinski definition) is 5. The molecule has 5 nitrogen and oxygen atoms in total. The second kappa shape index (κ2) is 5.54. The summed E-state index contributed by atoms with van der Waals surface area (Å²) in [6, 6.07) is 13.7. The Morgan fingerprint density at radius 1 is 1.05 bits per heavy atom. The van der Waals surface area contributed by atoms with E-state index >= 15 is 0 Å². The third kappa shape index (κ3) is 2.73. The first-order chi connectivity index (χ1) is 10.1. The standard InChI is InChI=1S/C15H11O5P/c1-10(16)12-8-5-9-13-14(12)19-21(20-15(13)17)18-11-6-3-2-4-7-11/h2-9H,1H3. The van der Waals surface area contributed by atoms with E-state index in [2.05, 4.69) is 0 Å². The first-order valence-electron chi connectivity index (χ1n) is 6.22. The molecule has 0 bridgehead atoms. The molecule has 3 rings (SSSR count). The molecule has 0 fully saturated rings. The topological polar surface area (TPSA) is 61.8 Å². The molecule has 1 aliphatic heterocycles. The number of para-hydroxylation sites is 2. The van der Waals surface area contributed by atoms with E-state index in [1.807, 2.05) is 6.07 Å². The van der Waals surface area contributed by atoms with Crippen LogP contribution in [-0.4, -0.2) is 11.8 Å². The Morgan fingerprint density at radius 3 is 2.52 bits per heavy atom. The van der Waals surface area contributed by atoms with Crippen molar-refractivity contribution in [3.8, 4) is 11.5 Å². The second-order valence-corrected chi connectivity index (χ2v) is 5.33. The van der Waals surface area contributed by atoms with E-state index in [1.54, 1.807) is 42.5 Å². The molecule has 0 amide bonds. The summed E-state index contributed by atoms with van der Waals surface area (Å²) in [5, 5.41) is 0. The van der Waals surface area contributed by atoms with Crippen molar-refractivity contribution in [3.63, 3.8) is 0 Å². The van der Waals surface area contributed by atoms with Crippen LogP contribution in [0.25, 0.3) is 0 Å². The van der Waals surface area contributed by atoms with Gasteiger partial charge in [-0.25, -0.2) is 4.79 Å². The van der Waals surface area contributed by atoms with Gasteiger partial charge in [-0.2, -0.15) is 0 Å². The maximum absolute atomic E-state index is 12.0. The quantitative estimate of drug-likeness (QED) is 0.638. The minimum atomic E-state index is -1.92. The Balaban J connectivity index is 1.91. The molecule has 0 N–H and O–H groups in total. The fraction of sp³-hybridized carbons (Fsp3) is 0.0667. The van der Waals surface area contributed by atoms with Gasteiger partial charge in [-0.15, -0.1) is 0 Å². The van der Waals surface area contributed by atoms with Gasteiger partial charge in [0.2, 0.25) is 0 Å². The van der Waals surface area contributed by atoms with Gasteiger partial charge in [-0.05, 0) is 31.2 Å². The minimum absolute atomic E-state index is 0.184. The van der Waals surface area contributed by atoms with E-state index in [0.29, 0.717) is 11.3 Å². The summed E-state index contributed by atoms with van der Waals surface area (Å²) in [7, 11) is -1.92. The highest BCUT2D eigenvalue weighted by molar-refractivity contribution is 7.43. The van der Waals surface area contributed by atoms with Crippen LogP contribution in [0, 0.1) is 0 Å². The van der Waals surface area contributed by atoms with E-state index in [-0.39, 0.29) is 17.1 Å². The third-order valence-electron chi connectivity index (χ3n) is 2.86. The Kier molecular flexibility index (Phi) is 3.59. The van der Waals surface area contributed by atoms with Gasteiger partial charge >= 0.3 is 14.6 Å². The SMILES string of the molecule is CC(=O)c1cccc2c1OP(Oc1ccccc1)OC2=O. The lowest BCUT2D eigenvalue weighted by Crippen LogP contribution is -2.16. The average Bonchev–Trinajstić information content (AvgIpc) is 2.47. The van der Waals surface area contributed by atoms with E-state index in [0.717, 1.165) is 0 Å². The van der Waals surface area contributed by atoms with Gasteiger partial charge in [0.1, 0.15) is 11.3 Å². The lowest BCUT2D eigenvalue weighted by atomic mass is 10.1. The maximum Gasteiger partial charge on any atom is 0.532 e. The molecule has 1 atom stereocenters. The van der Waals surface area contributed by atoms with Crippen molar-refractivity contribution in [1.29, 1.82) is 0 Å². The molecule has 106 valence electrons. The molecule has 1 heterocycles. The van der Waals surface area contributed by atoms with Crippen LogP contribution in [-0.2, 0) is 4.52 Å². The normalized spacial score (nSPS) is 16.4. The number of carbonyl (C=O) groups excluding carboxylic acids is 2. The monoisotopic (exact) mass is 302 g/mol. The molecule has 0 aromatic heterocycles. The number of benzene rings is 2. The van der Waals surface area contributed by atoms with E-state index in [4.69, 9.17) is 13.6 Å². The van der Waals surface area contributed by atoms with Crippen molar-refractivity contribution in [3.05, 3.63) is 59.7 Å².